The van der Waals surface area contributed by atoms with Crippen molar-refractivity contribution >= 4 is 17.4 Å². The highest BCUT2D eigenvalue weighted by molar-refractivity contribution is 6.23. The standard InChI is InChI=1S/C19H14N4/c20-13-16-17(14-7-3-1-4-8-14)22-18(15-9-5-2-6-10-15)23-12-11-21-19(16)23/h1-10H,11-12H2. The molecule has 2 aromatic carbocycles. The minimum absolute atomic E-state index is 0.549. The molecular weight excluding hydrogens is 284 g/mol. The molecule has 0 N–H and O–H groups in total. The minimum Gasteiger partial charge on any atom is -0.308 e. The molecule has 0 atom stereocenters. The SMILES string of the molecule is N#CC1=C(c2ccccc2)N=C(c2ccccc2)N2CCN=C12. The van der Waals surface area contributed by atoms with Gasteiger partial charge in [0.2, 0.25) is 0 Å². The van der Waals surface area contributed by atoms with Crippen molar-refractivity contribution in [3.05, 3.63) is 77.4 Å². The average Bonchev–Trinajstić information content (AvgIpc) is 3.11. The van der Waals surface area contributed by atoms with E-state index in [0.717, 1.165) is 29.3 Å². The van der Waals surface area contributed by atoms with E-state index >= 15 is 0 Å². The highest BCUT2D eigenvalue weighted by Crippen LogP contribution is 2.30. The van der Waals surface area contributed by atoms with Gasteiger partial charge in [0, 0.05) is 17.7 Å². The molecule has 0 aromatic heterocycles. The van der Waals surface area contributed by atoms with Crippen LogP contribution in [0.25, 0.3) is 5.70 Å². The minimum atomic E-state index is 0.549. The van der Waals surface area contributed by atoms with E-state index in [1.165, 1.54) is 0 Å². The van der Waals surface area contributed by atoms with Gasteiger partial charge in [0.05, 0.1) is 12.2 Å². The van der Waals surface area contributed by atoms with Crippen LogP contribution >= 0.6 is 0 Å². The number of nitriles is 1. The van der Waals surface area contributed by atoms with E-state index in [1.54, 1.807) is 0 Å². The first-order chi connectivity index (χ1) is 11.4. The molecule has 0 saturated heterocycles. The Balaban J connectivity index is 1.94. The van der Waals surface area contributed by atoms with Gasteiger partial charge in [-0.05, 0) is 0 Å². The number of fused-ring (bicyclic) bond motifs is 1. The summed E-state index contributed by atoms with van der Waals surface area (Å²) in [4.78, 5) is 11.4. The van der Waals surface area contributed by atoms with Crippen LogP contribution in [0, 0.1) is 11.3 Å². The Morgan fingerprint density at radius 3 is 2.17 bits per heavy atom. The van der Waals surface area contributed by atoms with Gasteiger partial charge < -0.3 is 4.90 Å². The Bertz CT molecular complexity index is 871. The van der Waals surface area contributed by atoms with E-state index in [1.807, 2.05) is 65.6 Å². The van der Waals surface area contributed by atoms with Crippen LogP contribution < -0.4 is 0 Å². The number of nitrogens with zero attached hydrogens (tertiary/aromatic N) is 4. The van der Waals surface area contributed by atoms with Gasteiger partial charge in [-0.25, -0.2) is 4.99 Å². The second kappa shape index (κ2) is 5.54. The molecule has 0 aliphatic carbocycles. The first-order valence-electron chi connectivity index (χ1n) is 7.55. The zero-order valence-corrected chi connectivity index (χ0v) is 12.5. The van der Waals surface area contributed by atoms with Crippen LogP contribution in [0.3, 0.4) is 0 Å². The summed E-state index contributed by atoms with van der Waals surface area (Å²) in [5.74, 6) is 1.60. The van der Waals surface area contributed by atoms with Gasteiger partial charge in [-0.3, -0.25) is 4.99 Å². The second-order valence-corrected chi connectivity index (χ2v) is 5.36. The van der Waals surface area contributed by atoms with E-state index < -0.39 is 0 Å². The van der Waals surface area contributed by atoms with Crippen LogP contribution in [0.5, 0.6) is 0 Å². The van der Waals surface area contributed by atoms with Crippen LogP contribution in [0.1, 0.15) is 11.1 Å². The van der Waals surface area contributed by atoms with Crippen LogP contribution in [0.15, 0.2) is 76.2 Å². The summed E-state index contributed by atoms with van der Waals surface area (Å²) in [5.41, 5.74) is 3.22. The third-order valence-electron chi connectivity index (χ3n) is 3.97. The van der Waals surface area contributed by atoms with Crippen LogP contribution in [-0.2, 0) is 0 Å². The molecule has 110 valence electrons. The van der Waals surface area contributed by atoms with E-state index in [4.69, 9.17) is 4.99 Å². The number of hydrogen-bond donors (Lipinski definition) is 0. The Kier molecular flexibility index (Phi) is 3.25. The smallest absolute Gasteiger partial charge is 0.149 e. The lowest BCUT2D eigenvalue weighted by atomic mass is 10.0. The van der Waals surface area contributed by atoms with Crippen molar-refractivity contribution in [1.82, 2.24) is 4.90 Å². The fraction of sp³-hybridized carbons (Fsp3) is 0.105. The average molecular weight is 298 g/mol. The molecule has 0 amide bonds. The zero-order valence-electron chi connectivity index (χ0n) is 12.5. The van der Waals surface area contributed by atoms with E-state index in [0.29, 0.717) is 17.8 Å². The number of rotatable bonds is 2. The van der Waals surface area contributed by atoms with Crippen LogP contribution in [0.4, 0.5) is 0 Å². The third-order valence-corrected chi connectivity index (χ3v) is 3.97. The molecule has 4 rings (SSSR count). The van der Waals surface area contributed by atoms with Gasteiger partial charge in [-0.15, -0.1) is 0 Å². The van der Waals surface area contributed by atoms with Crippen LogP contribution in [-0.4, -0.2) is 29.7 Å². The summed E-state index contributed by atoms with van der Waals surface area (Å²) in [6.45, 7) is 1.45. The quantitative estimate of drug-likeness (QED) is 0.855. The summed E-state index contributed by atoms with van der Waals surface area (Å²) in [6.07, 6.45) is 0. The predicted molar refractivity (Wildman–Crippen MR) is 91.0 cm³/mol. The lowest BCUT2D eigenvalue weighted by molar-refractivity contribution is 0.663. The van der Waals surface area contributed by atoms with Crippen molar-refractivity contribution in [3.63, 3.8) is 0 Å². The molecule has 0 spiro atoms. The third kappa shape index (κ3) is 2.23. The van der Waals surface area contributed by atoms with Crippen molar-refractivity contribution in [1.29, 1.82) is 5.26 Å². The van der Waals surface area contributed by atoms with Crippen LogP contribution in [0.2, 0.25) is 0 Å². The maximum Gasteiger partial charge on any atom is 0.149 e. The van der Waals surface area contributed by atoms with E-state index in [-0.39, 0.29) is 0 Å². The number of aliphatic imine (C=N–C) groups is 2. The van der Waals surface area contributed by atoms with Crippen molar-refractivity contribution < 1.29 is 0 Å². The van der Waals surface area contributed by atoms with Crippen molar-refractivity contribution in [3.8, 4) is 6.07 Å². The molecule has 23 heavy (non-hydrogen) atoms. The summed E-state index contributed by atoms with van der Waals surface area (Å²) >= 11 is 0. The largest absolute Gasteiger partial charge is 0.308 e. The molecule has 4 nitrogen and oxygen atoms in total. The molecule has 0 bridgehead atoms. The monoisotopic (exact) mass is 298 g/mol. The fourth-order valence-electron chi connectivity index (χ4n) is 2.91. The summed E-state index contributed by atoms with van der Waals surface area (Å²) in [7, 11) is 0. The number of benzene rings is 2. The fourth-order valence-corrected chi connectivity index (χ4v) is 2.91. The Morgan fingerprint density at radius 1 is 0.870 bits per heavy atom. The highest BCUT2D eigenvalue weighted by Gasteiger charge is 2.32. The maximum absolute atomic E-state index is 9.64. The molecule has 0 fully saturated rings. The van der Waals surface area contributed by atoms with E-state index in [9.17, 15) is 5.26 Å². The molecule has 2 aliphatic heterocycles. The van der Waals surface area contributed by atoms with Gasteiger partial charge in [0.25, 0.3) is 0 Å². The lowest BCUT2D eigenvalue weighted by Crippen LogP contribution is -2.38. The molecule has 0 unspecified atom stereocenters. The Morgan fingerprint density at radius 2 is 1.52 bits per heavy atom. The van der Waals surface area contributed by atoms with Gasteiger partial charge >= 0.3 is 0 Å². The Labute approximate surface area is 134 Å². The lowest BCUT2D eigenvalue weighted by Gasteiger charge is -2.27. The molecule has 4 heteroatoms. The van der Waals surface area contributed by atoms with Crippen molar-refractivity contribution in [2.45, 2.75) is 0 Å². The second-order valence-electron chi connectivity index (χ2n) is 5.36. The summed E-state index contributed by atoms with van der Waals surface area (Å²) in [6, 6.07) is 22.2. The molecular formula is C19H14N4. The van der Waals surface area contributed by atoms with Gasteiger partial charge in [0.1, 0.15) is 23.3 Å². The Hall–Kier alpha value is -3.19. The molecule has 0 radical (unpaired) electrons. The normalized spacial score (nSPS) is 16.6. The number of hydrogen-bond acceptors (Lipinski definition) is 4. The van der Waals surface area contributed by atoms with Gasteiger partial charge in [-0.2, -0.15) is 5.26 Å². The first-order valence-corrected chi connectivity index (χ1v) is 7.55. The summed E-state index contributed by atoms with van der Waals surface area (Å²) < 4.78 is 0. The number of amidine groups is 2. The molecule has 2 heterocycles. The molecule has 0 saturated carbocycles. The summed E-state index contributed by atoms with van der Waals surface area (Å²) in [5, 5.41) is 9.64. The topological polar surface area (TPSA) is 51.8 Å². The van der Waals surface area contributed by atoms with E-state index in [2.05, 4.69) is 11.1 Å². The van der Waals surface area contributed by atoms with Crippen molar-refractivity contribution in [2.75, 3.05) is 13.1 Å². The molecule has 2 aromatic rings. The van der Waals surface area contributed by atoms with Gasteiger partial charge in [-0.1, -0.05) is 60.7 Å². The van der Waals surface area contributed by atoms with Gasteiger partial charge in [0.15, 0.2) is 0 Å². The predicted octanol–water partition coefficient (Wildman–Crippen LogP) is 3.10. The first kappa shape index (κ1) is 13.5. The highest BCUT2D eigenvalue weighted by atomic mass is 15.3. The zero-order chi connectivity index (χ0) is 15.6. The van der Waals surface area contributed by atoms with Crippen molar-refractivity contribution in [2.24, 2.45) is 9.98 Å². The maximum atomic E-state index is 9.64. The molecule has 2 aliphatic rings.